The Morgan fingerprint density at radius 1 is 0.329 bits per heavy atom. The van der Waals surface area contributed by atoms with E-state index in [1.165, 1.54) is 0 Å². The van der Waals surface area contributed by atoms with E-state index < -0.39 is 24.4 Å². The molecule has 0 spiro atoms. The maximum absolute atomic E-state index is 12.7. The lowest BCUT2D eigenvalue weighted by Crippen LogP contribution is -2.37. The average Bonchev–Trinajstić information content (AvgIpc) is 3.43. The fourth-order valence-corrected chi connectivity index (χ4v) is 9.34. The van der Waals surface area contributed by atoms with Crippen LogP contribution in [-0.4, -0.2) is 31.5 Å². The molecule has 0 fully saturated rings. The van der Waals surface area contributed by atoms with E-state index in [1.54, 1.807) is 0 Å². The molecular weight excluding hydrogens is 867 g/mol. The number of ether oxygens (including phenoxy) is 5. The molecule has 1 aliphatic rings. The molecule has 0 radical (unpaired) electrons. The third kappa shape index (κ3) is 10.9. The van der Waals surface area contributed by atoms with E-state index >= 15 is 0 Å². The van der Waals surface area contributed by atoms with Crippen molar-refractivity contribution < 1.29 is 33.4 Å². The number of phenols is 1. The lowest BCUT2D eigenvalue weighted by atomic mass is 9.97. The quantitative estimate of drug-likeness (QED) is 0.153. The number of phenolic OH excluding ortho intramolecular Hbond substituents is 1. The van der Waals surface area contributed by atoms with Crippen LogP contribution in [0.2, 0.25) is 0 Å². The van der Waals surface area contributed by atoms with Crippen LogP contribution in [0.15, 0.2) is 237 Å². The van der Waals surface area contributed by atoms with E-state index in [2.05, 4.69) is 150 Å². The standard InChI is InChI=1S/C63H55NO6/c65-59-54-40-56(64-57(47-24-10-2-11-25-47)42-53(46-22-8-1-9-23-46)43-58(64)48-26-12-3-13-27-48)41-55(59)45-70-63(52-34-20-7-21-35-52)61(50-30-16-5-17-31-50)68-39-37-66-36-38-67-60(49-28-14-4-15-29-49)62(69-44-54)51-32-18-6-19-33-51/h1-35,40-43,60-63H,36-39,44-45H2/p+1/t60-,61?,62?,63-/m0/s1. The molecule has 348 valence electrons. The number of hydrogen-bond acceptors (Lipinski definition) is 6. The topological polar surface area (TPSA) is 70.3 Å². The van der Waals surface area contributed by atoms with Crippen LogP contribution in [0, 0.1) is 0 Å². The number of hydrogen-bond donors (Lipinski definition) is 1. The van der Waals surface area contributed by atoms with Gasteiger partial charge in [-0.1, -0.05) is 188 Å². The first-order valence-electron chi connectivity index (χ1n) is 24.0. The molecule has 0 saturated carbocycles. The number of nitrogens with zero attached hydrogens (tertiary/aromatic N) is 1. The van der Waals surface area contributed by atoms with E-state index in [-0.39, 0.29) is 19.0 Å². The monoisotopic (exact) mass is 922 g/mol. The molecule has 1 aromatic heterocycles. The molecule has 1 N–H and O–H groups in total. The van der Waals surface area contributed by atoms with Crippen molar-refractivity contribution >= 4 is 0 Å². The van der Waals surface area contributed by atoms with Crippen LogP contribution >= 0.6 is 0 Å². The summed E-state index contributed by atoms with van der Waals surface area (Å²) in [6.45, 7) is 1.43. The van der Waals surface area contributed by atoms with Crippen molar-refractivity contribution in [1.29, 1.82) is 0 Å². The van der Waals surface area contributed by atoms with E-state index in [1.807, 2.05) is 91.0 Å². The van der Waals surface area contributed by atoms with Gasteiger partial charge >= 0.3 is 0 Å². The average molecular weight is 923 g/mol. The number of pyridine rings is 1. The highest BCUT2D eigenvalue weighted by atomic mass is 16.6. The van der Waals surface area contributed by atoms with Crippen molar-refractivity contribution in [3.8, 4) is 45.1 Å². The minimum Gasteiger partial charge on any atom is -0.507 e. The first kappa shape index (κ1) is 46.2. The van der Waals surface area contributed by atoms with Crippen molar-refractivity contribution in [1.82, 2.24) is 0 Å². The summed E-state index contributed by atoms with van der Waals surface area (Å²) in [7, 11) is 0. The van der Waals surface area contributed by atoms with Gasteiger partial charge in [-0.2, -0.15) is 4.57 Å². The third-order valence-corrected chi connectivity index (χ3v) is 12.8. The maximum atomic E-state index is 12.7. The Morgan fingerprint density at radius 2 is 0.643 bits per heavy atom. The van der Waals surface area contributed by atoms with Gasteiger partial charge in [0.1, 0.15) is 30.2 Å². The molecule has 70 heavy (non-hydrogen) atoms. The first-order valence-corrected chi connectivity index (χ1v) is 24.0. The Bertz CT molecular complexity index is 2850. The third-order valence-electron chi connectivity index (χ3n) is 12.8. The number of aromatic hydroxyl groups is 1. The number of aromatic nitrogens is 1. The lowest BCUT2D eigenvalue weighted by Gasteiger charge is -2.30. The highest BCUT2D eigenvalue weighted by Crippen LogP contribution is 2.41. The second-order valence-electron chi connectivity index (χ2n) is 17.4. The van der Waals surface area contributed by atoms with Gasteiger partial charge in [-0.15, -0.1) is 0 Å². The molecule has 10 rings (SSSR count). The Kier molecular flexibility index (Phi) is 15.0. The van der Waals surface area contributed by atoms with Crippen molar-refractivity contribution in [2.75, 3.05) is 26.4 Å². The van der Waals surface area contributed by atoms with Crippen molar-refractivity contribution in [3.63, 3.8) is 0 Å². The van der Waals surface area contributed by atoms with Gasteiger partial charge in [-0.3, -0.25) is 0 Å². The molecule has 1 aliphatic heterocycles. The molecule has 4 atom stereocenters. The van der Waals surface area contributed by atoms with Gasteiger partial charge in [-0.05, 0) is 57.6 Å². The molecular formula is C63H56NO6+. The Morgan fingerprint density at radius 3 is 1.00 bits per heavy atom. The Labute approximate surface area is 410 Å². The zero-order valence-corrected chi connectivity index (χ0v) is 39.0. The second-order valence-corrected chi connectivity index (χ2v) is 17.4. The molecule has 0 amide bonds. The van der Waals surface area contributed by atoms with Crippen LogP contribution in [0.5, 0.6) is 5.75 Å². The van der Waals surface area contributed by atoms with E-state index in [4.69, 9.17) is 23.7 Å². The van der Waals surface area contributed by atoms with Gasteiger partial charge in [0.25, 0.3) is 0 Å². The fourth-order valence-electron chi connectivity index (χ4n) is 9.34. The van der Waals surface area contributed by atoms with Crippen LogP contribution in [0.4, 0.5) is 0 Å². The Balaban J connectivity index is 1.18. The molecule has 7 heteroatoms. The van der Waals surface area contributed by atoms with E-state index in [9.17, 15) is 5.11 Å². The molecule has 2 heterocycles. The molecule has 2 unspecified atom stereocenters. The van der Waals surface area contributed by atoms with Gasteiger partial charge in [0, 0.05) is 46.5 Å². The van der Waals surface area contributed by atoms with Crippen LogP contribution in [0.3, 0.4) is 0 Å². The summed E-state index contributed by atoms with van der Waals surface area (Å²) < 4.78 is 36.3. The fraction of sp³-hybridized carbons (Fsp3) is 0.159. The van der Waals surface area contributed by atoms with Gasteiger partial charge in [0.2, 0.25) is 17.1 Å². The summed E-state index contributed by atoms with van der Waals surface area (Å²) in [4.78, 5) is 0. The predicted octanol–water partition coefficient (Wildman–Crippen LogP) is 13.7. The Hall–Kier alpha value is -7.49. The predicted molar refractivity (Wildman–Crippen MR) is 275 cm³/mol. The van der Waals surface area contributed by atoms with Crippen LogP contribution in [0.25, 0.3) is 39.3 Å². The van der Waals surface area contributed by atoms with Crippen LogP contribution < -0.4 is 4.57 Å². The smallest absolute Gasteiger partial charge is 0.219 e. The van der Waals surface area contributed by atoms with E-state index in [0.29, 0.717) is 37.6 Å². The zero-order valence-electron chi connectivity index (χ0n) is 39.0. The van der Waals surface area contributed by atoms with Crippen LogP contribution in [0.1, 0.15) is 57.8 Å². The summed E-state index contributed by atoms with van der Waals surface area (Å²) in [5.74, 6) is 0.0928. The largest absolute Gasteiger partial charge is 0.507 e. The number of rotatable bonds is 8. The van der Waals surface area contributed by atoms with Gasteiger partial charge in [-0.25, -0.2) is 0 Å². The zero-order chi connectivity index (χ0) is 47.3. The molecule has 9 aromatic rings. The summed E-state index contributed by atoms with van der Waals surface area (Å²) in [5.41, 5.74) is 12.0. The minimum atomic E-state index is -0.555. The molecule has 2 bridgehead atoms. The molecule has 8 aromatic carbocycles. The van der Waals surface area contributed by atoms with Crippen LogP contribution in [-0.2, 0) is 36.9 Å². The summed E-state index contributed by atoms with van der Waals surface area (Å²) in [6, 6.07) is 80.7. The highest BCUT2D eigenvalue weighted by molar-refractivity contribution is 5.74. The van der Waals surface area contributed by atoms with Crippen molar-refractivity contribution in [3.05, 3.63) is 270 Å². The minimum absolute atomic E-state index is 0.0529. The van der Waals surface area contributed by atoms with Gasteiger partial charge < -0.3 is 28.8 Å². The van der Waals surface area contributed by atoms with Gasteiger partial charge in [0.15, 0.2) is 0 Å². The molecule has 7 nitrogen and oxygen atoms in total. The maximum Gasteiger partial charge on any atom is 0.219 e. The highest BCUT2D eigenvalue weighted by Gasteiger charge is 2.32. The van der Waals surface area contributed by atoms with Crippen molar-refractivity contribution in [2.24, 2.45) is 0 Å². The van der Waals surface area contributed by atoms with Crippen molar-refractivity contribution in [2.45, 2.75) is 37.6 Å². The molecule has 0 saturated heterocycles. The summed E-state index contributed by atoms with van der Waals surface area (Å²) in [5, 5.41) is 12.7. The number of benzene rings is 8. The normalized spacial score (nSPS) is 18.3. The van der Waals surface area contributed by atoms with Gasteiger partial charge in [0.05, 0.1) is 39.6 Å². The lowest BCUT2D eigenvalue weighted by molar-refractivity contribution is -0.572. The second kappa shape index (κ2) is 22.7. The van der Waals surface area contributed by atoms with E-state index in [0.717, 1.165) is 61.6 Å². The SMILES string of the molecule is Oc1c2cc(-[n+]3c(-c4ccccc4)cc(-c4ccccc4)cc3-c3ccccc3)cc1CO[C@@H](c1ccccc1)C(c1ccccc1)OCCOCCO[C@@H](c1ccccc1)C(c1ccccc1)OC2. The summed E-state index contributed by atoms with van der Waals surface area (Å²) >= 11 is 0. The summed E-state index contributed by atoms with van der Waals surface area (Å²) in [6.07, 6.45) is -2.11. The first-order chi connectivity index (χ1) is 34.7. The molecule has 0 aliphatic carbocycles. The number of fused-ring (bicyclic) bond motifs is 2.